The Bertz CT molecular complexity index is 2360. The smallest absolute Gasteiger partial charge is 0.367 e. The van der Waals surface area contributed by atoms with Gasteiger partial charge in [-0.15, -0.1) is 0 Å². The first-order valence-electron chi connectivity index (χ1n) is 16.7. The first kappa shape index (κ1) is 33.2. The Morgan fingerprint density at radius 3 is 1.35 bits per heavy atom. The molecule has 5 heterocycles. The summed E-state index contributed by atoms with van der Waals surface area (Å²) in [7, 11) is 0. The molecule has 2 aromatic heterocycles. The van der Waals surface area contributed by atoms with Gasteiger partial charge in [0.1, 0.15) is 0 Å². The van der Waals surface area contributed by atoms with Gasteiger partial charge >= 0.3 is 19.5 Å². The van der Waals surface area contributed by atoms with Gasteiger partial charge in [-0.2, -0.15) is 0 Å². The molecule has 8 nitrogen and oxygen atoms in total. The van der Waals surface area contributed by atoms with Crippen molar-refractivity contribution in [2.24, 2.45) is 0 Å². The number of hydrogen-bond donors (Lipinski definition) is 0. The minimum Gasteiger partial charge on any atom is -0.367 e. The van der Waals surface area contributed by atoms with Crippen LogP contribution in [0.4, 0.5) is 0 Å². The third-order valence-electron chi connectivity index (χ3n) is 9.46. The molecular formula is C40H40N8Zn. The number of hydrogen-bond acceptors (Lipinski definition) is 6. The molecule has 8 rings (SSSR count). The zero-order valence-corrected chi connectivity index (χ0v) is 32.9. The first-order valence-corrected chi connectivity index (χ1v) is 16.7. The second-order valence-electron chi connectivity index (χ2n) is 16.2. The van der Waals surface area contributed by atoms with Crippen LogP contribution in [-0.2, 0) is 48.6 Å². The van der Waals surface area contributed by atoms with Crippen molar-refractivity contribution in [3.8, 4) is 45.6 Å². The summed E-state index contributed by atoms with van der Waals surface area (Å²) in [6.07, 6.45) is 1.35. The predicted molar refractivity (Wildman–Crippen MR) is 191 cm³/mol. The number of rotatable bonds is 0. The van der Waals surface area contributed by atoms with Crippen LogP contribution in [0.15, 0.2) is 54.6 Å². The Kier molecular flexibility index (Phi) is 7.68. The monoisotopic (exact) mass is 696 g/mol. The molecule has 0 amide bonds. The molecule has 9 heteroatoms. The van der Waals surface area contributed by atoms with Crippen molar-refractivity contribution in [2.45, 2.75) is 91.4 Å². The van der Waals surface area contributed by atoms with E-state index in [4.69, 9.17) is 39.9 Å². The van der Waals surface area contributed by atoms with E-state index in [2.05, 4.69) is 117 Å². The third kappa shape index (κ3) is 5.86. The van der Waals surface area contributed by atoms with Gasteiger partial charge in [0.15, 0.2) is 0 Å². The summed E-state index contributed by atoms with van der Waals surface area (Å²) in [5.74, 6) is 3.82. The summed E-state index contributed by atoms with van der Waals surface area (Å²) in [6, 6.07) is 19.4. The molecule has 5 aromatic rings. The molecule has 0 radical (unpaired) electrons. The van der Waals surface area contributed by atoms with E-state index in [1.807, 2.05) is 0 Å². The Morgan fingerprint density at radius 1 is 0.429 bits per heavy atom. The van der Waals surface area contributed by atoms with Gasteiger partial charge < -0.3 is 29.9 Å². The molecule has 3 aliphatic heterocycles. The summed E-state index contributed by atoms with van der Waals surface area (Å²) < 4.78 is 0. The number of aromatic nitrogens is 8. The summed E-state index contributed by atoms with van der Waals surface area (Å²) >= 11 is 0. The van der Waals surface area contributed by atoms with Crippen molar-refractivity contribution < 1.29 is 19.5 Å². The standard InChI is InChI=1S/C40H40N8.Zn/c1-38(2,3)21-11-14-25-27(18-21)35-43-31-17-16-30(41-31)42-32-24-13-10-22(39(4,5)6)19-28(24)36(44-32)47-34-26-15-12-23(40(7,8)9)20-29(26)37(48-34)46-33(25)45-35;/h10-15,18-20H,16-17H2,1-9H3;/q-2;+2. The third-order valence-corrected chi connectivity index (χ3v) is 9.46. The van der Waals surface area contributed by atoms with Crippen LogP contribution in [0.3, 0.4) is 0 Å². The molecule has 0 N–H and O–H groups in total. The van der Waals surface area contributed by atoms with Crippen LogP contribution >= 0.6 is 0 Å². The summed E-state index contributed by atoms with van der Waals surface area (Å²) in [4.78, 5) is 40.3. The fraction of sp³-hybridized carbons (Fsp3) is 0.350. The molecule has 0 saturated heterocycles. The number of nitrogens with zero attached hydrogens (tertiary/aromatic N) is 8. The van der Waals surface area contributed by atoms with Gasteiger partial charge in [-0.3, -0.25) is 0 Å². The van der Waals surface area contributed by atoms with E-state index >= 15 is 0 Å². The average Bonchev–Trinajstić information content (AvgIpc) is 3.77. The van der Waals surface area contributed by atoms with Crippen LogP contribution in [0.5, 0.6) is 0 Å². The maximum Gasteiger partial charge on any atom is 2.00 e. The SMILES string of the molecule is CC(C)(C)c1ccc2c(c1)-c1nc-2nc2[n-]c(nc3nc(nc4[n-]c(n1)CC4)-c1ccc(C(C)(C)C)cc1-3)c1ccc(C(C)(C)C)cc21.[Zn+2]. The predicted octanol–water partition coefficient (Wildman–Crippen LogP) is 8.37. The molecule has 0 unspecified atom stereocenters. The van der Waals surface area contributed by atoms with Crippen LogP contribution in [0.25, 0.3) is 67.6 Å². The van der Waals surface area contributed by atoms with Crippen LogP contribution in [0.1, 0.15) is 90.7 Å². The quantitative estimate of drug-likeness (QED) is 0.146. The van der Waals surface area contributed by atoms with Gasteiger partial charge in [0.25, 0.3) is 0 Å². The van der Waals surface area contributed by atoms with Gasteiger partial charge in [-0.05, 0) is 86.4 Å². The number of aryl methyl sites for hydroxylation is 2. The van der Waals surface area contributed by atoms with Crippen molar-refractivity contribution in [3.05, 3.63) is 82.9 Å². The largest absolute Gasteiger partial charge is 2.00 e. The number of benzene rings is 3. The van der Waals surface area contributed by atoms with Crippen molar-refractivity contribution in [3.63, 3.8) is 0 Å². The van der Waals surface area contributed by atoms with Gasteiger partial charge in [0.2, 0.25) is 0 Å². The molecule has 8 bridgehead atoms. The maximum atomic E-state index is 5.17. The summed E-state index contributed by atoms with van der Waals surface area (Å²) in [5, 5.41) is 1.85. The molecule has 3 aromatic carbocycles. The summed E-state index contributed by atoms with van der Waals surface area (Å²) in [6.45, 7) is 19.9. The first-order chi connectivity index (χ1) is 22.6. The minimum atomic E-state index is -0.0587. The second-order valence-corrected chi connectivity index (χ2v) is 16.2. The van der Waals surface area contributed by atoms with Crippen molar-refractivity contribution >= 4 is 22.1 Å². The fourth-order valence-corrected chi connectivity index (χ4v) is 6.44. The van der Waals surface area contributed by atoms with Gasteiger partial charge in [-0.25, -0.2) is 9.97 Å². The Hall–Kier alpha value is -4.36. The van der Waals surface area contributed by atoms with E-state index in [1.54, 1.807) is 0 Å². The van der Waals surface area contributed by atoms with Crippen molar-refractivity contribution in [1.29, 1.82) is 0 Å². The summed E-state index contributed by atoms with van der Waals surface area (Å²) in [5.41, 5.74) is 8.40. The minimum absolute atomic E-state index is 0. The van der Waals surface area contributed by atoms with Crippen LogP contribution in [-0.4, -0.2) is 29.9 Å². The van der Waals surface area contributed by atoms with Gasteiger partial charge in [-0.1, -0.05) is 98.7 Å². The van der Waals surface area contributed by atoms with Crippen molar-refractivity contribution in [1.82, 2.24) is 39.9 Å². The Labute approximate surface area is 300 Å². The second kappa shape index (κ2) is 11.3. The average molecular weight is 698 g/mol. The molecular weight excluding hydrogens is 658 g/mol. The fourth-order valence-electron chi connectivity index (χ4n) is 6.44. The van der Waals surface area contributed by atoms with E-state index in [0.29, 0.717) is 59.1 Å². The molecule has 0 spiro atoms. The normalized spacial score (nSPS) is 13.5. The molecule has 242 valence electrons. The molecule has 3 aliphatic rings. The molecule has 0 aliphatic carbocycles. The van der Waals surface area contributed by atoms with Crippen LogP contribution in [0, 0.1) is 0 Å². The molecule has 0 fully saturated rings. The molecule has 0 atom stereocenters. The van der Waals surface area contributed by atoms with E-state index in [1.165, 1.54) is 16.7 Å². The topological polar surface area (TPSA) is 106 Å². The van der Waals surface area contributed by atoms with Crippen LogP contribution in [0.2, 0.25) is 0 Å². The Balaban J connectivity index is 0.00000378. The van der Waals surface area contributed by atoms with Crippen molar-refractivity contribution in [2.75, 3.05) is 0 Å². The molecule has 0 saturated carbocycles. The van der Waals surface area contributed by atoms with E-state index < -0.39 is 0 Å². The van der Waals surface area contributed by atoms with Crippen LogP contribution < -0.4 is 9.97 Å². The zero-order valence-electron chi connectivity index (χ0n) is 29.9. The molecule has 49 heavy (non-hydrogen) atoms. The number of fused-ring (bicyclic) bond motifs is 17. The van der Waals surface area contributed by atoms with Gasteiger partial charge in [0, 0.05) is 33.5 Å². The van der Waals surface area contributed by atoms with E-state index in [0.717, 1.165) is 33.0 Å². The Morgan fingerprint density at radius 2 is 0.837 bits per heavy atom. The van der Waals surface area contributed by atoms with E-state index in [-0.39, 0.29) is 35.7 Å². The van der Waals surface area contributed by atoms with E-state index in [9.17, 15) is 0 Å². The maximum absolute atomic E-state index is 5.17. The van der Waals surface area contributed by atoms with Gasteiger partial charge in [0.05, 0.1) is 23.3 Å². The zero-order chi connectivity index (χ0) is 33.7.